The third-order valence-electron chi connectivity index (χ3n) is 9.09. The topological polar surface area (TPSA) is 35.5 Å². The second kappa shape index (κ2) is 7.48. The second-order valence-corrected chi connectivity index (χ2v) is 16.5. The van der Waals surface area contributed by atoms with Gasteiger partial charge >= 0.3 is 0 Å². The number of hydrogen-bond donors (Lipinski definition) is 0. The van der Waals surface area contributed by atoms with Crippen LogP contribution in [-0.4, -0.2) is 21.2 Å². The van der Waals surface area contributed by atoms with E-state index in [9.17, 15) is 4.79 Å². The van der Waals surface area contributed by atoms with Crippen molar-refractivity contribution in [3.05, 3.63) is 28.8 Å². The van der Waals surface area contributed by atoms with Gasteiger partial charge in [-0.05, 0) is 91.2 Å². The molecule has 0 amide bonds. The molecule has 0 aromatic heterocycles. The van der Waals surface area contributed by atoms with Crippen molar-refractivity contribution in [1.82, 2.24) is 0 Å². The van der Waals surface area contributed by atoms with Crippen LogP contribution in [0, 0.1) is 17.3 Å². The van der Waals surface area contributed by atoms with E-state index < -0.39 is 8.32 Å². The van der Waals surface area contributed by atoms with Gasteiger partial charge in [0.25, 0.3) is 0 Å². The Bertz CT molecular complexity index is 837. The predicted molar refractivity (Wildman–Crippen MR) is 125 cm³/mol. The summed E-state index contributed by atoms with van der Waals surface area (Å²) in [5.74, 6) is 3.39. The van der Waals surface area contributed by atoms with Crippen LogP contribution in [0.1, 0.15) is 82.4 Å². The van der Waals surface area contributed by atoms with E-state index in [2.05, 4.69) is 52.9 Å². The number of hydrogen-bond acceptors (Lipinski definition) is 3. The SMILES string of the molecule is COCc1cc2c(cc1O[Si](C)(C)C(C)(C)C)CC[C@@H]1[C@@H]2CC[C@]2(C)C(=O)CC[C@@H]12. The first-order chi connectivity index (χ1) is 14.0. The monoisotopic (exact) mass is 428 g/mol. The molecule has 0 N–H and O–H groups in total. The molecule has 0 bridgehead atoms. The summed E-state index contributed by atoms with van der Waals surface area (Å²) in [7, 11) is -0.142. The molecule has 4 heteroatoms. The minimum absolute atomic E-state index is 0.0561. The minimum atomic E-state index is -1.91. The van der Waals surface area contributed by atoms with Crippen molar-refractivity contribution in [1.29, 1.82) is 0 Å². The van der Waals surface area contributed by atoms with Crippen LogP contribution in [0.5, 0.6) is 5.75 Å². The fraction of sp³-hybridized carbons (Fsp3) is 0.731. The van der Waals surface area contributed by atoms with E-state index in [1.54, 1.807) is 7.11 Å². The lowest BCUT2D eigenvalue weighted by molar-refractivity contribution is -0.129. The van der Waals surface area contributed by atoms with Crippen LogP contribution in [0.15, 0.2) is 12.1 Å². The fourth-order valence-corrected chi connectivity index (χ4v) is 7.25. The van der Waals surface area contributed by atoms with E-state index in [4.69, 9.17) is 9.16 Å². The van der Waals surface area contributed by atoms with Gasteiger partial charge in [-0.1, -0.05) is 27.7 Å². The first-order valence-electron chi connectivity index (χ1n) is 11.8. The number of carbonyl (C=O) groups excluding carboxylic acids is 1. The zero-order valence-electron chi connectivity index (χ0n) is 20.1. The average molecular weight is 429 g/mol. The van der Waals surface area contributed by atoms with Crippen molar-refractivity contribution in [2.75, 3.05) is 7.11 Å². The summed E-state index contributed by atoms with van der Waals surface area (Å²) in [6, 6.07) is 4.74. The zero-order chi connectivity index (χ0) is 21.9. The fourth-order valence-electron chi connectivity index (χ4n) is 6.21. The van der Waals surface area contributed by atoms with E-state index in [1.807, 2.05) is 0 Å². The first-order valence-corrected chi connectivity index (χ1v) is 14.8. The third-order valence-corrected chi connectivity index (χ3v) is 13.4. The van der Waals surface area contributed by atoms with Crippen LogP contribution in [0.4, 0.5) is 0 Å². The summed E-state index contributed by atoms with van der Waals surface area (Å²) in [4.78, 5) is 12.6. The van der Waals surface area contributed by atoms with Gasteiger partial charge in [0, 0.05) is 24.5 Å². The van der Waals surface area contributed by atoms with E-state index in [0.29, 0.717) is 30.1 Å². The van der Waals surface area contributed by atoms with Gasteiger partial charge in [0.2, 0.25) is 8.32 Å². The molecule has 2 saturated carbocycles. The molecule has 0 unspecified atom stereocenters. The maximum absolute atomic E-state index is 12.6. The smallest absolute Gasteiger partial charge is 0.250 e. The minimum Gasteiger partial charge on any atom is -0.543 e. The molecule has 3 nitrogen and oxygen atoms in total. The normalized spacial score (nSPS) is 31.2. The van der Waals surface area contributed by atoms with Crippen molar-refractivity contribution in [3.8, 4) is 5.75 Å². The van der Waals surface area contributed by atoms with Crippen molar-refractivity contribution < 1.29 is 14.0 Å². The largest absolute Gasteiger partial charge is 0.543 e. The molecule has 2 fully saturated rings. The number of fused-ring (bicyclic) bond motifs is 5. The summed E-state index contributed by atoms with van der Waals surface area (Å²) in [5.41, 5.74) is 4.12. The summed E-state index contributed by atoms with van der Waals surface area (Å²) in [6.45, 7) is 14.4. The van der Waals surface area contributed by atoms with Gasteiger partial charge in [-0.25, -0.2) is 0 Å². The predicted octanol–water partition coefficient (Wildman–Crippen LogP) is 6.64. The molecule has 0 heterocycles. The molecule has 0 saturated heterocycles. The third kappa shape index (κ3) is 3.48. The molecule has 0 spiro atoms. The van der Waals surface area contributed by atoms with Crippen molar-refractivity contribution in [2.45, 2.75) is 96.9 Å². The maximum atomic E-state index is 12.6. The van der Waals surface area contributed by atoms with Gasteiger partial charge in [-0.2, -0.15) is 0 Å². The second-order valence-electron chi connectivity index (χ2n) is 11.8. The summed E-state index contributed by atoms with van der Waals surface area (Å²) < 4.78 is 12.4. The summed E-state index contributed by atoms with van der Waals surface area (Å²) >= 11 is 0. The van der Waals surface area contributed by atoms with Crippen LogP contribution in [-0.2, 0) is 22.6 Å². The Kier molecular flexibility index (Phi) is 5.50. The number of methoxy groups -OCH3 is 1. The lowest BCUT2D eigenvalue weighted by Gasteiger charge is -2.48. The van der Waals surface area contributed by atoms with Gasteiger partial charge in [0.15, 0.2) is 0 Å². The molecule has 4 rings (SSSR count). The quantitative estimate of drug-likeness (QED) is 0.504. The lowest BCUT2D eigenvalue weighted by atomic mass is 9.55. The number of ketones is 1. The van der Waals surface area contributed by atoms with Gasteiger partial charge < -0.3 is 9.16 Å². The molecule has 4 atom stereocenters. The molecular formula is C26H40O3Si. The Hall–Kier alpha value is -1.13. The molecule has 1 aromatic rings. The highest BCUT2D eigenvalue weighted by molar-refractivity contribution is 6.74. The molecule has 3 aliphatic carbocycles. The Morgan fingerprint density at radius 2 is 1.87 bits per heavy atom. The Morgan fingerprint density at radius 1 is 1.13 bits per heavy atom. The molecule has 3 aliphatic rings. The number of aryl methyl sites for hydroxylation is 1. The average Bonchev–Trinajstić information content (AvgIpc) is 2.96. The van der Waals surface area contributed by atoms with Crippen molar-refractivity contribution in [2.24, 2.45) is 17.3 Å². The van der Waals surface area contributed by atoms with Crippen LogP contribution in [0.2, 0.25) is 18.1 Å². The van der Waals surface area contributed by atoms with Crippen LogP contribution in [0.25, 0.3) is 0 Å². The standard InChI is InChI=1S/C26H40O3Si/c1-25(2,3)30(6,7)29-23-15-17-8-9-20-19(21(17)14-18(23)16-28-5)12-13-26(4)22(20)10-11-24(26)27/h14-15,19-20,22H,8-13,16H2,1-7H3/t19-,20+,22-,26-/m0/s1. The number of ether oxygens (including phenoxy) is 1. The van der Waals surface area contributed by atoms with Gasteiger partial charge in [0.1, 0.15) is 11.5 Å². The van der Waals surface area contributed by atoms with E-state index in [-0.39, 0.29) is 10.5 Å². The highest BCUT2D eigenvalue weighted by atomic mass is 28.4. The lowest BCUT2D eigenvalue weighted by Crippen LogP contribution is -2.44. The highest BCUT2D eigenvalue weighted by Crippen LogP contribution is 2.59. The first kappa shape index (κ1) is 22.1. The zero-order valence-corrected chi connectivity index (χ0v) is 21.1. The van der Waals surface area contributed by atoms with E-state index >= 15 is 0 Å². The van der Waals surface area contributed by atoms with Crippen LogP contribution >= 0.6 is 0 Å². The number of benzene rings is 1. The number of rotatable bonds is 4. The van der Waals surface area contributed by atoms with Crippen molar-refractivity contribution in [3.63, 3.8) is 0 Å². The molecule has 166 valence electrons. The van der Waals surface area contributed by atoms with Crippen LogP contribution < -0.4 is 4.43 Å². The van der Waals surface area contributed by atoms with Crippen molar-refractivity contribution >= 4 is 14.1 Å². The van der Waals surface area contributed by atoms with Gasteiger partial charge in [0.05, 0.1) is 6.61 Å². The van der Waals surface area contributed by atoms with Gasteiger partial charge in [-0.3, -0.25) is 4.79 Å². The molecular weight excluding hydrogens is 388 g/mol. The molecule has 0 radical (unpaired) electrons. The number of carbonyl (C=O) groups is 1. The Labute approximate surface area is 184 Å². The Balaban J connectivity index is 1.69. The Morgan fingerprint density at radius 3 is 2.53 bits per heavy atom. The van der Waals surface area contributed by atoms with E-state index in [0.717, 1.165) is 37.9 Å². The number of Topliss-reactive ketones (excluding diaryl/α,β-unsaturated/α-hetero) is 1. The molecule has 30 heavy (non-hydrogen) atoms. The highest BCUT2D eigenvalue weighted by Gasteiger charge is 2.54. The van der Waals surface area contributed by atoms with Crippen LogP contribution in [0.3, 0.4) is 0 Å². The summed E-state index contributed by atoms with van der Waals surface area (Å²) in [6.07, 6.45) is 6.42. The van der Waals surface area contributed by atoms with Gasteiger partial charge in [-0.15, -0.1) is 0 Å². The van der Waals surface area contributed by atoms with E-state index in [1.165, 1.54) is 23.1 Å². The maximum Gasteiger partial charge on any atom is 0.250 e. The molecule has 0 aliphatic heterocycles. The molecule has 1 aromatic carbocycles. The summed E-state index contributed by atoms with van der Waals surface area (Å²) in [5, 5.41) is 0.168.